The Labute approximate surface area is 166 Å². The standard InChI is InChI=1S/C22H17N3O2S/c1-25(15-10-8-14(9-11-15)21(23)26)22(27)17-13-19(20-7-4-12-28-20)24-18-6-3-2-5-16(17)18/h2-13H,1H3,(H2,23,26). The van der Waals surface area contributed by atoms with Crippen molar-refractivity contribution in [2.75, 3.05) is 11.9 Å². The Morgan fingerprint density at radius 1 is 1.00 bits per heavy atom. The van der Waals surface area contributed by atoms with E-state index in [9.17, 15) is 9.59 Å². The number of thiophene rings is 1. The van der Waals surface area contributed by atoms with Gasteiger partial charge in [-0.1, -0.05) is 24.3 Å². The molecule has 0 bridgehead atoms. The number of hydrogen-bond acceptors (Lipinski definition) is 4. The third kappa shape index (κ3) is 3.25. The van der Waals surface area contributed by atoms with Crippen LogP contribution in [-0.2, 0) is 0 Å². The van der Waals surface area contributed by atoms with Gasteiger partial charge in [0.25, 0.3) is 5.91 Å². The minimum Gasteiger partial charge on any atom is -0.366 e. The summed E-state index contributed by atoms with van der Waals surface area (Å²) >= 11 is 1.58. The van der Waals surface area contributed by atoms with E-state index in [1.54, 1.807) is 47.5 Å². The molecule has 0 radical (unpaired) electrons. The summed E-state index contributed by atoms with van der Waals surface area (Å²) in [5, 5.41) is 2.79. The molecule has 0 spiro atoms. The van der Waals surface area contributed by atoms with Gasteiger partial charge in [0.15, 0.2) is 0 Å². The number of benzene rings is 2. The second-order valence-corrected chi connectivity index (χ2v) is 7.27. The third-order valence-electron chi connectivity index (χ3n) is 4.56. The van der Waals surface area contributed by atoms with E-state index >= 15 is 0 Å². The Morgan fingerprint density at radius 2 is 1.75 bits per heavy atom. The third-order valence-corrected chi connectivity index (χ3v) is 5.46. The van der Waals surface area contributed by atoms with Gasteiger partial charge in [-0.2, -0.15) is 0 Å². The number of carbonyl (C=O) groups is 2. The summed E-state index contributed by atoms with van der Waals surface area (Å²) in [6.45, 7) is 0. The van der Waals surface area contributed by atoms with Crippen LogP contribution in [0, 0.1) is 0 Å². The highest BCUT2D eigenvalue weighted by atomic mass is 32.1. The fraction of sp³-hybridized carbons (Fsp3) is 0.0455. The van der Waals surface area contributed by atoms with Gasteiger partial charge < -0.3 is 10.6 Å². The Bertz CT molecular complexity index is 1170. The molecule has 2 aromatic carbocycles. The summed E-state index contributed by atoms with van der Waals surface area (Å²) in [5.74, 6) is -0.649. The van der Waals surface area contributed by atoms with Crippen LogP contribution >= 0.6 is 11.3 Å². The molecule has 0 saturated heterocycles. The lowest BCUT2D eigenvalue weighted by Gasteiger charge is -2.19. The fourth-order valence-corrected chi connectivity index (χ4v) is 3.74. The Morgan fingerprint density at radius 3 is 2.43 bits per heavy atom. The van der Waals surface area contributed by atoms with E-state index in [-0.39, 0.29) is 5.91 Å². The first kappa shape index (κ1) is 17.9. The number of carbonyl (C=O) groups excluding carboxylic acids is 2. The number of fused-ring (bicyclic) bond motifs is 1. The Hall–Kier alpha value is -3.51. The van der Waals surface area contributed by atoms with Crippen LogP contribution in [0.1, 0.15) is 20.7 Å². The summed E-state index contributed by atoms with van der Waals surface area (Å²) in [6, 6.07) is 20.1. The number of nitrogens with two attached hydrogens (primary N) is 1. The highest BCUT2D eigenvalue weighted by Crippen LogP contribution is 2.29. The molecule has 28 heavy (non-hydrogen) atoms. The van der Waals surface area contributed by atoms with Crippen LogP contribution in [0.15, 0.2) is 72.1 Å². The van der Waals surface area contributed by atoms with Gasteiger partial charge in [0.1, 0.15) is 0 Å². The first-order chi connectivity index (χ1) is 13.5. The molecule has 0 aliphatic heterocycles. The van der Waals surface area contributed by atoms with Crippen molar-refractivity contribution in [2.45, 2.75) is 0 Å². The minimum absolute atomic E-state index is 0.150. The van der Waals surface area contributed by atoms with Crippen LogP contribution < -0.4 is 10.6 Å². The van der Waals surface area contributed by atoms with Gasteiger partial charge in [-0.15, -0.1) is 11.3 Å². The highest BCUT2D eigenvalue weighted by Gasteiger charge is 2.19. The maximum absolute atomic E-state index is 13.3. The first-order valence-corrected chi connectivity index (χ1v) is 9.54. The summed E-state index contributed by atoms with van der Waals surface area (Å²) in [5.41, 5.74) is 8.49. The zero-order valence-electron chi connectivity index (χ0n) is 15.1. The lowest BCUT2D eigenvalue weighted by atomic mass is 10.1. The smallest absolute Gasteiger partial charge is 0.258 e. The van der Waals surface area contributed by atoms with E-state index < -0.39 is 5.91 Å². The number of hydrogen-bond donors (Lipinski definition) is 1. The highest BCUT2D eigenvalue weighted by molar-refractivity contribution is 7.13. The average molecular weight is 387 g/mol. The van der Waals surface area contributed by atoms with Crippen molar-refractivity contribution in [3.63, 3.8) is 0 Å². The van der Waals surface area contributed by atoms with Crippen LogP contribution in [0.2, 0.25) is 0 Å². The normalized spacial score (nSPS) is 10.8. The molecular weight excluding hydrogens is 370 g/mol. The predicted molar refractivity (Wildman–Crippen MR) is 113 cm³/mol. The van der Waals surface area contributed by atoms with Gasteiger partial charge in [0.05, 0.1) is 21.7 Å². The van der Waals surface area contributed by atoms with E-state index in [0.29, 0.717) is 16.8 Å². The van der Waals surface area contributed by atoms with Gasteiger partial charge in [-0.3, -0.25) is 9.59 Å². The van der Waals surface area contributed by atoms with E-state index in [2.05, 4.69) is 0 Å². The minimum atomic E-state index is -0.499. The molecule has 4 aromatic rings. The van der Waals surface area contributed by atoms with Crippen LogP contribution in [0.4, 0.5) is 5.69 Å². The number of rotatable bonds is 4. The predicted octanol–water partition coefficient (Wildman–Crippen LogP) is 4.34. The molecule has 0 aliphatic carbocycles. The molecule has 0 atom stereocenters. The number of nitrogens with zero attached hydrogens (tertiary/aromatic N) is 2. The number of anilines is 1. The maximum Gasteiger partial charge on any atom is 0.258 e. The van der Waals surface area contributed by atoms with Crippen LogP contribution in [0.3, 0.4) is 0 Å². The first-order valence-electron chi connectivity index (χ1n) is 8.66. The molecule has 0 aliphatic rings. The Kier molecular flexibility index (Phi) is 4.63. The largest absolute Gasteiger partial charge is 0.366 e. The number of aromatic nitrogens is 1. The number of pyridine rings is 1. The number of para-hydroxylation sites is 1. The van der Waals surface area contributed by atoms with Crippen molar-refractivity contribution in [1.29, 1.82) is 0 Å². The van der Waals surface area contributed by atoms with Crippen molar-refractivity contribution < 1.29 is 9.59 Å². The maximum atomic E-state index is 13.3. The van der Waals surface area contributed by atoms with Crippen molar-refractivity contribution in [2.24, 2.45) is 5.73 Å². The quantitative estimate of drug-likeness (QED) is 0.566. The summed E-state index contributed by atoms with van der Waals surface area (Å²) in [4.78, 5) is 31.9. The fourth-order valence-electron chi connectivity index (χ4n) is 3.05. The van der Waals surface area contributed by atoms with Gasteiger partial charge >= 0.3 is 0 Å². The monoisotopic (exact) mass is 387 g/mol. The number of primary amides is 1. The topological polar surface area (TPSA) is 76.3 Å². The summed E-state index contributed by atoms with van der Waals surface area (Å²) < 4.78 is 0. The lowest BCUT2D eigenvalue weighted by Crippen LogP contribution is -2.26. The molecule has 2 heterocycles. The van der Waals surface area contributed by atoms with Crippen molar-refractivity contribution in [1.82, 2.24) is 4.98 Å². The molecule has 5 nitrogen and oxygen atoms in total. The second-order valence-electron chi connectivity index (χ2n) is 6.32. The molecule has 6 heteroatoms. The average Bonchev–Trinajstić information content (AvgIpc) is 3.27. The zero-order valence-corrected chi connectivity index (χ0v) is 15.9. The van der Waals surface area contributed by atoms with E-state index in [1.165, 1.54) is 0 Å². The van der Waals surface area contributed by atoms with Gasteiger partial charge in [-0.05, 0) is 47.8 Å². The van der Waals surface area contributed by atoms with Gasteiger partial charge in [0, 0.05) is 23.7 Å². The van der Waals surface area contributed by atoms with Gasteiger partial charge in [0.2, 0.25) is 5.91 Å². The summed E-state index contributed by atoms with van der Waals surface area (Å²) in [6.07, 6.45) is 0. The molecule has 4 rings (SSSR count). The molecule has 2 N–H and O–H groups in total. The molecule has 138 valence electrons. The van der Waals surface area contributed by atoms with E-state index in [1.807, 2.05) is 47.8 Å². The molecule has 2 amide bonds. The zero-order chi connectivity index (χ0) is 19.7. The Balaban J connectivity index is 1.78. The van der Waals surface area contributed by atoms with Crippen molar-refractivity contribution >= 4 is 39.7 Å². The molecule has 2 aromatic heterocycles. The van der Waals surface area contributed by atoms with Crippen LogP contribution in [0.25, 0.3) is 21.5 Å². The van der Waals surface area contributed by atoms with Crippen molar-refractivity contribution in [3.8, 4) is 10.6 Å². The van der Waals surface area contributed by atoms with Crippen LogP contribution in [0.5, 0.6) is 0 Å². The van der Waals surface area contributed by atoms with E-state index in [4.69, 9.17) is 10.7 Å². The molecule has 0 unspecified atom stereocenters. The molecular formula is C22H17N3O2S. The van der Waals surface area contributed by atoms with E-state index in [0.717, 1.165) is 21.5 Å². The molecule has 0 saturated carbocycles. The molecule has 0 fully saturated rings. The summed E-state index contributed by atoms with van der Waals surface area (Å²) in [7, 11) is 1.71. The van der Waals surface area contributed by atoms with Gasteiger partial charge in [-0.25, -0.2) is 4.98 Å². The second kappa shape index (κ2) is 7.25. The lowest BCUT2D eigenvalue weighted by molar-refractivity contribution is 0.0990. The number of amides is 2. The van der Waals surface area contributed by atoms with Crippen LogP contribution in [-0.4, -0.2) is 23.8 Å². The SMILES string of the molecule is CN(C(=O)c1cc(-c2cccs2)nc2ccccc12)c1ccc(C(N)=O)cc1. The van der Waals surface area contributed by atoms with Crippen molar-refractivity contribution in [3.05, 3.63) is 83.2 Å².